The Hall–Kier alpha value is -3.22. The number of benzene rings is 4. The van der Waals surface area contributed by atoms with Gasteiger partial charge in [-0.25, -0.2) is 22.0 Å². The molecule has 292 valence electrons. The first-order valence-corrected chi connectivity index (χ1v) is 23.4. The maximum atomic E-state index is 13.9. The molecule has 54 heavy (non-hydrogen) atoms. The quantitative estimate of drug-likeness (QED) is 0.112. The molecule has 2 unspecified atom stereocenters. The molecule has 9 nitrogen and oxygen atoms in total. The van der Waals surface area contributed by atoms with Crippen LogP contribution in [0, 0.1) is 0 Å². The molecule has 1 aliphatic rings. The predicted molar refractivity (Wildman–Crippen MR) is 210 cm³/mol. The molecule has 2 atom stereocenters. The summed E-state index contributed by atoms with van der Waals surface area (Å²) in [6.45, 7) is 8.96. The van der Waals surface area contributed by atoms with E-state index in [2.05, 4.69) is 55.3 Å². The second-order valence-electron chi connectivity index (χ2n) is 14.1. The lowest BCUT2D eigenvalue weighted by Crippen LogP contribution is -2.67. The number of nitrogens with zero attached hydrogens (tertiary/aromatic N) is 1. The average molecular weight is 822 g/mol. The van der Waals surface area contributed by atoms with E-state index in [0.29, 0.717) is 51.2 Å². The molecule has 5 rings (SSSR count). The van der Waals surface area contributed by atoms with Gasteiger partial charge in [0.1, 0.15) is 4.90 Å². The van der Waals surface area contributed by atoms with E-state index in [4.69, 9.17) is 14.3 Å². The number of hydrogen-bond acceptors (Lipinski definition) is 9. The molecule has 0 amide bonds. The molecule has 0 bridgehead atoms. The number of rotatable bonds is 15. The molecule has 16 heteroatoms. The number of halogens is 3. The summed E-state index contributed by atoms with van der Waals surface area (Å²) in [6.07, 6.45) is 0.401. The number of alkyl halides is 3. The number of anilines is 1. The van der Waals surface area contributed by atoms with Gasteiger partial charge in [0.15, 0.2) is 0 Å². The van der Waals surface area contributed by atoms with Gasteiger partial charge in [-0.05, 0) is 52.2 Å². The fourth-order valence-electron chi connectivity index (χ4n) is 6.72. The molecular formula is C38H46F3N3O6S3Si. The van der Waals surface area contributed by atoms with Crippen LogP contribution in [0.1, 0.15) is 27.2 Å². The molecule has 1 fully saturated rings. The van der Waals surface area contributed by atoms with Gasteiger partial charge in [-0.15, -0.1) is 11.8 Å². The number of sulfonamides is 1. The molecule has 1 aliphatic heterocycles. The van der Waals surface area contributed by atoms with E-state index in [9.17, 15) is 30.0 Å². The highest BCUT2D eigenvalue weighted by Crippen LogP contribution is 2.38. The van der Waals surface area contributed by atoms with Gasteiger partial charge in [0.25, 0.3) is 18.2 Å². The molecule has 0 radical (unpaired) electrons. The van der Waals surface area contributed by atoms with Crippen LogP contribution in [0.15, 0.2) is 124 Å². The van der Waals surface area contributed by atoms with Crippen LogP contribution in [0.4, 0.5) is 18.9 Å². The lowest BCUT2D eigenvalue weighted by molar-refractivity contribution is -0.0435. The SMILES string of the molecule is CC(C)(C)[Si](OCC1COCCN1CCC(CSc1ccccc1)Nc1ccc(S(N)(=O)=O)cc1S(=O)(=O)C(F)(F)F)(c1ccccc1)c1ccccc1. The van der Waals surface area contributed by atoms with Crippen LogP contribution in [0.5, 0.6) is 0 Å². The number of thioether (sulfide) groups is 1. The molecule has 3 N–H and O–H groups in total. The molecular weight excluding hydrogens is 776 g/mol. The third kappa shape index (κ3) is 9.77. The van der Waals surface area contributed by atoms with Gasteiger partial charge in [0, 0.05) is 29.8 Å². The van der Waals surface area contributed by atoms with E-state index in [1.165, 1.54) is 11.8 Å². The maximum Gasteiger partial charge on any atom is 0.501 e. The van der Waals surface area contributed by atoms with Crippen molar-refractivity contribution in [2.45, 2.75) is 64.5 Å². The zero-order valence-electron chi connectivity index (χ0n) is 30.3. The first-order valence-electron chi connectivity index (χ1n) is 17.4. The Morgan fingerprint density at radius 1 is 0.907 bits per heavy atom. The average Bonchev–Trinajstić information content (AvgIpc) is 3.13. The van der Waals surface area contributed by atoms with Gasteiger partial charge >= 0.3 is 5.51 Å². The van der Waals surface area contributed by atoms with Crippen LogP contribution >= 0.6 is 11.8 Å². The summed E-state index contributed by atoms with van der Waals surface area (Å²) in [4.78, 5) is 1.21. The molecule has 0 spiro atoms. The highest BCUT2D eigenvalue weighted by Gasteiger charge is 2.51. The van der Waals surface area contributed by atoms with Crippen molar-refractivity contribution in [3.8, 4) is 0 Å². The van der Waals surface area contributed by atoms with Crippen LogP contribution < -0.4 is 20.8 Å². The highest BCUT2D eigenvalue weighted by molar-refractivity contribution is 7.99. The van der Waals surface area contributed by atoms with Gasteiger partial charge in [-0.1, -0.05) is 99.6 Å². The van der Waals surface area contributed by atoms with Crippen molar-refractivity contribution in [3.63, 3.8) is 0 Å². The first-order chi connectivity index (χ1) is 25.4. The Balaban J connectivity index is 1.43. The zero-order valence-corrected chi connectivity index (χ0v) is 33.8. The van der Waals surface area contributed by atoms with E-state index in [-0.39, 0.29) is 16.8 Å². The van der Waals surface area contributed by atoms with Crippen LogP contribution in [-0.4, -0.2) is 86.3 Å². The van der Waals surface area contributed by atoms with Crippen molar-refractivity contribution in [1.82, 2.24) is 4.90 Å². The normalized spacial score (nSPS) is 16.9. The summed E-state index contributed by atoms with van der Waals surface area (Å²) >= 11 is 1.46. The lowest BCUT2D eigenvalue weighted by atomic mass is 10.1. The van der Waals surface area contributed by atoms with Crippen molar-refractivity contribution in [3.05, 3.63) is 109 Å². The Morgan fingerprint density at radius 3 is 2.02 bits per heavy atom. The number of ether oxygens (including phenoxy) is 1. The van der Waals surface area contributed by atoms with E-state index in [0.717, 1.165) is 27.4 Å². The molecule has 0 aliphatic carbocycles. The van der Waals surface area contributed by atoms with Gasteiger partial charge in [0.05, 0.1) is 36.4 Å². The topological polar surface area (TPSA) is 128 Å². The molecule has 4 aromatic carbocycles. The third-order valence-electron chi connectivity index (χ3n) is 9.45. The zero-order chi connectivity index (χ0) is 39.2. The minimum absolute atomic E-state index is 0.141. The second-order valence-corrected chi connectivity index (χ2v) is 23.0. The second kappa shape index (κ2) is 17.3. The van der Waals surface area contributed by atoms with E-state index in [1.54, 1.807) is 0 Å². The monoisotopic (exact) mass is 821 g/mol. The van der Waals surface area contributed by atoms with E-state index >= 15 is 0 Å². The first kappa shape index (κ1) is 41.9. The highest BCUT2D eigenvalue weighted by atomic mass is 32.2. The van der Waals surface area contributed by atoms with Crippen molar-refractivity contribution in [2.24, 2.45) is 5.14 Å². The summed E-state index contributed by atoms with van der Waals surface area (Å²) < 4.78 is 104. The van der Waals surface area contributed by atoms with Gasteiger partial charge < -0.3 is 14.5 Å². The fourth-order valence-corrected chi connectivity index (χ4v) is 13.9. The number of morpholine rings is 1. The Bertz CT molecular complexity index is 2020. The van der Waals surface area contributed by atoms with Crippen molar-refractivity contribution >= 4 is 56.0 Å². The van der Waals surface area contributed by atoms with E-state index < -0.39 is 49.5 Å². The summed E-state index contributed by atoms with van der Waals surface area (Å²) in [5.74, 6) is 0.361. The van der Waals surface area contributed by atoms with Crippen LogP contribution in [0.3, 0.4) is 0 Å². The summed E-state index contributed by atoms with van der Waals surface area (Å²) in [5, 5.41) is 10.3. The number of nitrogens with two attached hydrogens (primary N) is 1. The Kier molecular flexibility index (Phi) is 13.4. The molecule has 0 aromatic heterocycles. The van der Waals surface area contributed by atoms with Crippen LogP contribution in [0.2, 0.25) is 5.04 Å². The lowest BCUT2D eigenvalue weighted by Gasteiger charge is -2.45. The number of nitrogens with one attached hydrogen (secondary N) is 1. The Labute approximate surface area is 321 Å². The number of sulfone groups is 1. The molecule has 0 saturated carbocycles. The molecule has 4 aromatic rings. The van der Waals surface area contributed by atoms with Gasteiger partial charge in [-0.3, -0.25) is 4.90 Å². The standard InChI is InChI=1S/C38H46F3N3O6S3Si/c1-37(2,3)54(33-15-9-5-10-16-33,34-17-11-6-12-18-34)50-27-30-26-49-24-23-44(30)22-21-29(28-51-31-13-7-4-8-14-31)43-35-20-19-32(53(42,47)48)25-36(35)52(45,46)38(39,40)41/h4-20,25,29-30,43H,21-24,26-28H2,1-3H3,(H2,42,47,48). The minimum Gasteiger partial charge on any atom is -0.406 e. The smallest absolute Gasteiger partial charge is 0.406 e. The fraction of sp³-hybridized carbons (Fsp3) is 0.368. The maximum absolute atomic E-state index is 13.9. The largest absolute Gasteiger partial charge is 0.501 e. The predicted octanol–water partition coefficient (Wildman–Crippen LogP) is 5.87. The van der Waals surface area contributed by atoms with Crippen LogP contribution in [0.25, 0.3) is 0 Å². The van der Waals surface area contributed by atoms with Crippen molar-refractivity contribution in [2.75, 3.05) is 44.0 Å². The Morgan fingerprint density at radius 2 is 1.48 bits per heavy atom. The van der Waals surface area contributed by atoms with Gasteiger partial charge in [-0.2, -0.15) is 13.2 Å². The third-order valence-corrected chi connectivity index (χ3v) is 18.1. The minimum atomic E-state index is -5.96. The summed E-state index contributed by atoms with van der Waals surface area (Å²) in [6, 6.07) is 31.8. The number of primary sulfonamides is 1. The van der Waals surface area contributed by atoms with Crippen LogP contribution in [-0.2, 0) is 29.0 Å². The van der Waals surface area contributed by atoms with Crippen molar-refractivity contribution in [1.29, 1.82) is 0 Å². The molecule has 1 heterocycles. The number of hydrogen-bond donors (Lipinski definition) is 2. The summed E-state index contributed by atoms with van der Waals surface area (Å²) in [7, 11) is -13.3. The van der Waals surface area contributed by atoms with Gasteiger partial charge in [0.2, 0.25) is 10.0 Å². The van der Waals surface area contributed by atoms with Crippen molar-refractivity contribution < 1.29 is 39.2 Å². The van der Waals surface area contributed by atoms with E-state index in [1.807, 2.05) is 66.7 Å². The molecule has 1 saturated heterocycles. The summed E-state index contributed by atoms with van der Waals surface area (Å²) in [5.41, 5.74) is -6.05.